The molecule has 11 unspecified atom stereocenters. The molecule has 4 saturated heterocycles. The number of ketones is 1. The van der Waals surface area contributed by atoms with Crippen LogP contribution < -0.4 is 10.6 Å². The van der Waals surface area contributed by atoms with Gasteiger partial charge < -0.3 is 30.1 Å². The number of carbonyl (C=O) groups is 2. The van der Waals surface area contributed by atoms with Crippen molar-refractivity contribution in [2.24, 2.45) is 23.7 Å². The number of fused-ring (bicyclic) bond motifs is 4. The smallest absolute Gasteiger partial charge is 0.256 e. The zero-order valence-corrected chi connectivity index (χ0v) is 27.3. The highest BCUT2D eigenvalue weighted by Gasteiger charge is 2.61. The molecule has 8 aliphatic rings. The molecule has 45 heavy (non-hydrogen) atoms. The topological polar surface area (TPSA) is 80.4 Å². The first-order valence-electron chi connectivity index (χ1n) is 18.4. The van der Waals surface area contributed by atoms with Crippen molar-refractivity contribution in [1.29, 1.82) is 0 Å². The molecule has 250 valence electrons. The lowest BCUT2D eigenvalue weighted by molar-refractivity contribution is -0.219. The van der Waals surface area contributed by atoms with Crippen LogP contribution in [0.1, 0.15) is 64.2 Å². The van der Waals surface area contributed by atoms with Gasteiger partial charge in [-0.3, -0.25) is 14.5 Å². The number of alkyl halides is 1. The van der Waals surface area contributed by atoms with Crippen LogP contribution >= 0.6 is 0 Å². The molecule has 2 N–H and O–H groups in total. The molecular weight excluding hydrogens is 571 g/mol. The highest BCUT2D eigenvalue weighted by Crippen LogP contribution is 2.51. The van der Waals surface area contributed by atoms with Gasteiger partial charge in [0.05, 0.1) is 35.9 Å². The van der Waals surface area contributed by atoms with Crippen LogP contribution in [0.3, 0.4) is 0 Å². The predicted molar refractivity (Wildman–Crippen MR) is 170 cm³/mol. The highest BCUT2D eigenvalue weighted by atomic mass is 19.1. The van der Waals surface area contributed by atoms with Gasteiger partial charge in [0.2, 0.25) is 0 Å². The Morgan fingerprint density at radius 3 is 2.58 bits per heavy atom. The van der Waals surface area contributed by atoms with Crippen LogP contribution in [0.15, 0.2) is 11.8 Å². The number of hydrogen-bond acceptors (Lipinski definition) is 8. The Morgan fingerprint density at radius 1 is 1.00 bits per heavy atom. The molecule has 5 aliphatic heterocycles. The highest BCUT2D eigenvalue weighted by molar-refractivity contribution is 6.20. The number of nitrogens with zero attached hydrogens (tertiary/aromatic N) is 4. The largest absolute Gasteiger partial charge is 0.369 e. The molecule has 3 saturated carbocycles. The Kier molecular flexibility index (Phi) is 8.73. The summed E-state index contributed by atoms with van der Waals surface area (Å²) in [4.78, 5) is 37.3. The lowest BCUT2D eigenvalue weighted by Crippen LogP contribution is -2.73. The molecule has 0 aromatic heterocycles. The second-order valence-corrected chi connectivity index (χ2v) is 15.8. The Bertz CT molecular complexity index is 1130. The molecule has 0 bridgehead atoms. The van der Waals surface area contributed by atoms with Crippen LogP contribution in [0.5, 0.6) is 0 Å². The van der Waals surface area contributed by atoms with Gasteiger partial charge in [0.15, 0.2) is 5.78 Å². The van der Waals surface area contributed by atoms with Crippen molar-refractivity contribution in [1.82, 2.24) is 30.2 Å². The van der Waals surface area contributed by atoms with Crippen LogP contribution in [-0.2, 0) is 14.3 Å². The molecule has 10 heteroatoms. The molecule has 8 rings (SSSR count). The first-order valence-corrected chi connectivity index (χ1v) is 18.4. The molecule has 5 heterocycles. The molecule has 0 aromatic carbocycles. The number of ether oxygens (including phenoxy) is 1. The number of morpholine rings is 1. The minimum atomic E-state index is -1.14. The van der Waals surface area contributed by atoms with E-state index in [4.69, 9.17) is 4.74 Å². The minimum absolute atomic E-state index is 0.0272. The summed E-state index contributed by atoms with van der Waals surface area (Å²) in [5, 5.41) is 6.77. The number of carbonyl (C=O) groups excluding carboxylic acids is 2. The Balaban J connectivity index is 1.03. The van der Waals surface area contributed by atoms with Crippen molar-refractivity contribution < 1.29 is 18.7 Å². The van der Waals surface area contributed by atoms with Gasteiger partial charge >= 0.3 is 0 Å². The number of amides is 1. The van der Waals surface area contributed by atoms with Crippen molar-refractivity contribution in [3.8, 4) is 0 Å². The van der Waals surface area contributed by atoms with E-state index < -0.39 is 12.1 Å². The molecule has 9 nitrogen and oxygen atoms in total. The molecule has 3 aliphatic carbocycles. The number of piperazine rings is 1. The zero-order valence-electron chi connectivity index (χ0n) is 27.3. The van der Waals surface area contributed by atoms with Gasteiger partial charge in [-0.2, -0.15) is 0 Å². The molecule has 1 amide bonds. The maximum absolute atomic E-state index is 16.5. The molecule has 7 fully saturated rings. The predicted octanol–water partition coefficient (Wildman–Crippen LogP) is 2.02. The third-order valence-electron chi connectivity index (χ3n) is 13.3. The van der Waals surface area contributed by atoms with Crippen molar-refractivity contribution in [2.45, 2.75) is 107 Å². The summed E-state index contributed by atoms with van der Waals surface area (Å²) in [6.07, 6.45) is 11.1. The summed E-state index contributed by atoms with van der Waals surface area (Å²) in [5.74, 6) is 0.920. The lowest BCUT2D eigenvalue weighted by atomic mass is 9.64. The molecule has 11 atom stereocenters. The number of Topliss-reactive ketones (excluding diaryl/α,β-unsaturated/α-hetero) is 1. The number of rotatable bonds is 6. The fourth-order valence-corrected chi connectivity index (χ4v) is 10.9. The normalized spacial score (nSPS) is 44.0. The first-order chi connectivity index (χ1) is 21.9. The Labute approximate surface area is 268 Å². The Morgan fingerprint density at radius 2 is 1.78 bits per heavy atom. The monoisotopic (exact) mass is 626 g/mol. The summed E-state index contributed by atoms with van der Waals surface area (Å²) in [6.45, 7) is 8.57. The summed E-state index contributed by atoms with van der Waals surface area (Å²) >= 11 is 0. The number of halogens is 1. The quantitative estimate of drug-likeness (QED) is 0.343. The van der Waals surface area contributed by atoms with E-state index in [1.165, 1.54) is 38.5 Å². The van der Waals surface area contributed by atoms with E-state index in [1.54, 1.807) is 0 Å². The summed E-state index contributed by atoms with van der Waals surface area (Å²) in [5.41, 5.74) is 0.239. The van der Waals surface area contributed by atoms with Crippen molar-refractivity contribution in [3.05, 3.63) is 11.8 Å². The van der Waals surface area contributed by atoms with E-state index in [0.717, 1.165) is 71.6 Å². The van der Waals surface area contributed by atoms with Gasteiger partial charge in [-0.05, 0) is 76.4 Å². The third kappa shape index (κ3) is 5.79. The molecular formula is C35H55FN6O3. The standard InChI is InChI=1S/C35H55FN6O3/c1-39-12-14-40(15-13-39)11-5-10-38-35(44)26-20-42-29-16-22-6-2-3-7-23(22)17-30(29)45-34-31(42)25(33(26)43)18-27(36)32(34)41-19-24-8-4-9-37-28(24)21-41/h20,22-25,27-32,34,37H,2-19,21H2,1H3,(H,38,44). The van der Waals surface area contributed by atoms with Crippen LogP contribution in [-0.4, -0.2) is 140 Å². The average Bonchev–Trinajstić information content (AvgIpc) is 3.48. The molecule has 0 aromatic rings. The number of likely N-dealkylation sites (N-methyl/N-ethyl adjacent to an activating group) is 1. The maximum Gasteiger partial charge on any atom is 0.256 e. The number of nitrogens with one attached hydrogen (secondary N) is 2. The number of piperidine rings is 1. The van der Waals surface area contributed by atoms with E-state index in [-0.39, 0.29) is 54.0 Å². The zero-order chi connectivity index (χ0) is 30.7. The summed E-state index contributed by atoms with van der Waals surface area (Å²) in [7, 11) is 2.16. The van der Waals surface area contributed by atoms with Crippen LogP contribution in [0, 0.1) is 23.7 Å². The molecule has 0 radical (unpaired) electrons. The summed E-state index contributed by atoms with van der Waals surface area (Å²) < 4.78 is 23.6. The third-order valence-corrected chi connectivity index (χ3v) is 13.3. The second-order valence-electron chi connectivity index (χ2n) is 15.8. The van der Waals surface area contributed by atoms with E-state index in [9.17, 15) is 9.59 Å². The van der Waals surface area contributed by atoms with Gasteiger partial charge in [0, 0.05) is 64.0 Å². The second kappa shape index (κ2) is 12.8. The van der Waals surface area contributed by atoms with Gasteiger partial charge in [-0.25, -0.2) is 4.39 Å². The fourth-order valence-electron chi connectivity index (χ4n) is 10.9. The van der Waals surface area contributed by atoms with E-state index in [2.05, 4.69) is 37.3 Å². The maximum atomic E-state index is 16.5. The lowest BCUT2D eigenvalue weighted by Gasteiger charge is -2.61. The van der Waals surface area contributed by atoms with E-state index >= 15 is 4.39 Å². The Hall–Kier alpha value is -1.59. The molecule has 0 spiro atoms. The van der Waals surface area contributed by atoms with Gasteiger partial charge in [-0.15, -0.1) is 0 Å². The van der Waals surface area contributed by atoms with Crippen molar-refractivity contribution in [2.75, 3.05) is 66.0 Å². The van der Waals surface area contributed by atoms with Crippen LogP contribution in [0.2, 0.25) is 0 Å². The fraction of sp³-hybridized carbons (Fsp3) is 0.886. The van der Waals surface area contributed by atoms with Gasteiger partial charge in [0.25, 0.3) is 5.91 Å². The van der Waals surface area contributed by atoms with Crippen molar-refractivity contribution >= 4 is 11.7 Å². The average molecular weight is 627 g/mol. The van der Waals surface area contributed by atoms with Crippen molar-refractivity contribution in [3.63, 3.8) is 0 Å². The number of hydrogen-bond donors (Lipinski definition) is 2. The number of likely N-dealkylation sites (tertiary alicyclic amines) is 1. The van der Waals surface area contributed by atoms with Gasteiger partial charge in [0.1, 0.15) is 6.17 Å². The summed E-state index contributed by atoms with van der Waals surface area (Å²) in [6, 6.07) is 0.0479. The van der Waals surface area contributed by atoms with Gasteiger partial charge in [-0.1, -0.05) is 25.7 Å². The first kappa shape index (κ1) is 30.7. The van der Waals surface area contributed by atoms with E-state index in [0.29, 0.717) is 30.3 Å². The van der Waals surface area contributed by atoms with Crippen LogP contribution in [0.4, 0.5) is 4.39 Å². The minimum Gasteiger partial charge on any atom is -0.369 e. The van der Waals surface area contributed by atoms with Crippen LogP contribution in [0.25, 0.3) is 0 Å². The van der Waals surface area contributed by atoms with E-state index in [1.807, 2.05) is 6.20 Å². The SMILES string of the molecule is CN1CCN(CCCNC(=O)C2=CN3C4CC5CCCCC5CC4OC4C(N5CC6CCCNC6C5)C(F)CC(C2=O)C43)CC1.